The molecule has 1 aliphatic carbocycles. The zero-order valence-electron chi connectivity index (χ0n) is 18.6. The molecule has 1 fully saturated rings. The first-order valence-corrected chi connectivity index (χ1v) is 11.9. The summed E-state index contributed by atoms with van der Waals surface area (Å²) in [5.41, 5.74) is 1.34. The fraction of sp³-hybridized carbons (Fsp3) is 0.360. The minimum absolute atomic E-state index is 0.201. The van der Waals surface area contributed by atoms with Crippen LogP contribution in [0, 0.1) is 5.41 Å². The number of hydrogen-bond acceptors (Lipinski definition) is 6. The van der Waals surface area contributed by atoms with E-state index in [-0.39, 0.29) is 18.5 Å². The van der Waals surface area contributed by atoms with Crippen LogP contribution in [0.3, 0.4) is 0 Å². The van der Waals surface area contributed by atoms with Gasteiger partial charge in [0.05, 0.1) is 20.6 Å². The predicted octanol–water partition coefficient (Wildman–Crippen LogP) is 4.33. The van der Waals surface area contributed by atoms with E-state index in [0.29, 0.717) is 17.7 Å². The Labute approximate surface area is 196 Å². The van der Waals surface area contributed by atoms with Crippen molar-refractivity contribution in [2.45, 2.75) is 38.5 Å². The molecule has 7 nitrogen and oxygen atoms in total. The summed E-state index contributed by atoms with van der Waals surface area (Å²) in [5.74, 6) is -0.943. The van der Waals surface area contributed by atoms with Gasteiger partial charge in [-0.25, -0.2) is 4.98 Å². The molecule has 0 unspecified atom stereocenters. The second kappa shape index (κ2) is 10.1. The minimum atomic E-state index is -0.637. The molecular weight excluding hydrogens is 438 g/mol. The third kappa shape index (κ3) is 5.39. The molecular formula is C25H27N3O4S. The predicted molar refractivity (Wildman–Crippen MR) is 128 cm³/mol. The number of hydrogen-bond donors (Lipinski definition) is 2. The van der Waals surface area contributed by atoms with E-state index >= 15 is 0 Å². The number of thiazole rings is 1. The van der Waals surface area contributed by atoms with E-state index in [1.54, 1.807) is 42.6 Å². The number of ether oxygens (including phenoxy) is 1. The van der Waals surface area contributed by atoms with Crippen LogP contribution in [0.25, 0.3) is 10.2 Å². The highest BCUT2D eigenvalue weighted by Crippen LogP contribution is 2.41. The minimum Gasteiger partial charge on any atom is -0.455 e. The summed E-state index contributed by atoms with van der Waals surface area (Å²) in [6.07, 6.45) is 5.04. The van der Waals surface area contributed by atoms with Crippen molar-refractivity contribution in [3.63, 3.8) is 0 Å². The van der Waals surface area contributed by atoms with E-state index < -0.39 is 11.3 Å². The first-order valence-electron chi connectivity index (χ1n) is 11.1. The van der Waals surface area contributed by atoms with Crippen LogP contribution in [0.5, 0.6) is 0 Å². The number of amides is 2. The summed E-state index contributed by atoms with van der Waals surface area (Å²) in [4.78, 5) is 41.9. The van der Waals surface area contributed by atoms with Gasteiger partial charge >= 0.3 is 5.97 Å². The number of nitrogens with one attached hydrogen (secondary N) is 2. The average molecular weight is 466 g/mol. The van der Waals surface area contributed by atoms with Crippen LogP contribution in [-0.2, 0) is 20.7 Å². The smallest absolute Gasteiger partial charge is 0.313 e. The Kier molecular flexibility index (Phi) is 7.03. The van der Waals surface area contributed by atoms with Crippen molar-refractivity contribution in [3.05, 3.63) is 59.1 Å². The van der Waals surface area contributed by atoms with Gasteiger partial charge in [0.1, 0.15) is 0 Å². The molecule has 33 heavy (non-hydrogen) atoms. The van der Waals surface area contributed by atoms with Crippen molar-refractivity contribution < 1.29 is 19.1 Å². The number of fused-ring (bicyclic) bond motifs is 1. The Morgan fingerprint density at radius 3 is 2.45 bits per heavy atom. The van der Waals surface area contributed by atoms with Crippen LogP contribution in [0.1, 0.15) is 47.5 Å². The molecule has 0 radical (unpaired) electrons. The van der Waals surface area contributed by atoms with Crippen molar-refractivity contribution in [1.82, 2.24) is 10.3 Å². The van der Waals surface area contributed by atoms with Crippen LogP contribution in [0.2, 0.25) is 0 Å². The van der Waals surface area contributed by atoms with Crippen molar-refractivity contribution in [3.8, 4) is 0 Å². The standard InChI is InChI=1S/C25H27N3O4S/c1-26-23(30)17-9-11-18(12-10-17)27-21(29)16-32-24(31)25(13-5-2-6-14-25)15-22-28-19-7-3-4-8-20(19)33-22/h3-4,7-12H,2,5-6,13-16H2,1H3,(H,26,30)(H,27,29). The lowest BCUT2D eigenvalue weighted by Gasteiger charge is -2.34. The zero-order chi connectivity index (χ0) is 23.3. The Hall–Kier alpha value is -3.26. The van der Waals surface area contributed by atoms with E-state index in [0.717, 1.165) is 47.3 Å². The highest BCUT2D eigenvalue weighted by molar-refractivity contribution is 7.18. The number of para-hydroxylation sites is 1. The van der Waals surface area contributed by atoms with Gasteiger partial charge in [0.2, 0.25) is 0 Å². The molecule has 4 rings (SSSR count). The number of esters is 1. The van der Waals surface area contributed by atoms with Crippen LogP contribution < -0.4 is 10.6 Å². The molecule has 3 aromatic rings. The Bertz CT molecular complexity index is 1120. The van der Waals surface area contributed by atoms with E-state index in [1.807, 2.05) is 24.3 Å². The molecule has 0 atom stereocenters. The molecule has 0 bridgehead atoms. The highest BCUT2D eigenvalue weighted by atomic mass is 32.1. The SMILES string of the molecule is CNC(=O)c1ccc(NC(=O)COC(=O)C2(Cc3nc4ccccc4s3)CCCCC2)cc1. The van der Waals surface area contributed by atoms with Gasteiger partial charge in [-0.3, -0.25) is 14.4 Å². The van der Waals surface area contributed by atoms with E-state index in [2.05, 4.69) is 10.6 Å². The number of rotatable bonds is 7. The number of anilines is 1. The summed E-state index contributed by atoms with van der Waals surface area (Å²) < 4.78 is 6.61. The van der Waals surface area contributed by atoms with E-state index in [4.69, 9.17) is 9.72 Å². The van der Waals surface area contributed by atoms with Gasteiger partial charge in [-0.15, -0.1) is 11.3 Å². The maximum absolute atomic E-state index is 13.2. The first kappa shape index (κ1) is 22.9. The fourth-order valence-electron chi connectivity index (χ4n) is 4.30. The second-order valence-corrected chi connectivity index (χ2v) is 9.49. The molecule has 1 aliphatic rings. The molecule has 0 saturated heterocycles. The van der Waals surface area contributed by atoms with Crippen LogP contribution >= 0.6 is 11.3 Å². The van der Waals surface area contributed by atoms with Crippen molar-refractivity contribution in [1.29, 1.82) is 0 Å². The quantitative estimate of drug-likeness (QED) is 0.506. The van der Waals surface area contributed by atoms with Gasteiger partial charge in [-0.1, -0.05) is 31.4 Å². The lowest BCUT2D eigenvalue weighted by atomic mass is 9.72. The molecule has 0 aliphatic heterocycles. The molecule has 2 aromatic carbocycles. The first-order chi connectivity index (χ1) is 16.0. The van der Waals surface area contributed by atoms with E-state index in [9.17, 15) is 14.4 Å². The molecule has 1 heterocycles. The maximum Gasteiger partial charge on any atom is 0.313 e. The van der Waals surface area contributed by atoms with Crippen LogP contribution in [0.15, 0.2) is 48.5 Å². The fourth-order valence-corrected chi connectivity index (χ4v) is 5.41. The molecule has 2 N–H and O–H groups in total. The summed E-state index contributed by atoms with van der Waals surface area (Å²) in [6, 6.07) is 14.5. The summed E-state index contributed by atoms with van der Waals surface area (Å²) in [7, 11) is 1.56. The molecule has 172 valence electrons. The molecule has 0 spiro atoms. The second-order valence-electron chi connectivity index (χ2n) is 8.37. The number of aromatic nitrogens is 1. The number of benzene rings is 2. The van der Waals surface area contributed by atoms with Gasteiger partial charge < -0.3 is 15.4 Å². The number of carbonyl (C=O) groups is 3. The summed E-state index contributed by atoms with van der Waals surface area (Å²) >= 11 is 1.61. The van der Waals surface area contributed by atoms with Crippen LogP contribution in [-0.4, -0.2) is 36.4 Å². The van der Waals surface area contributed by atoms with Gasteiger partial charge in [-0.2, -0.15) is 0 Å². The highest BCUT2D eigenvalue weighted by Gasteiger charge is 2.42. The number of nitrogens with zero attached hydrogens (tertiary/aromatic N) is 1. The summed E-state index contributed by atoms with van der Waals surface area (Å²) in [5, 5.41) is 6.18. The van der Waals surface area contributed by atoms with Crippen molar-refractivity contribution >= 4 is 45.0 Å². The van der Waals surface area contributed by atoms with Gasteiger partial charge in [0.15, 0.2) is 6.61 Å². The summed E-state index contributed by atoms with van der Waals surface area (Å²) in [6.45, 7) is -0.350. The molecule has 8 heteroatoms. The number of carbonyl (C=O) groups excluding carboxylic acids is 3. The molecule has 1 saturated carbocycles. The van der Waals surface area contributed by atoms with E-state index in [1.165, 1.54) is 0 Å². The largest absolute Gasteiger partial charge is 0.455 e. The third-order valence-electron chi connectivity index (χ3n) is 6.06. The molecule has 1 aromatic heterocycles. The van der Waals surface area contributed by atoms with Crippen molar-refractivity contribution in [2.75, 3.05) is 19.0 Å². The normalized spacial score (nSPS) is 15.1. The maximum atomic E-state index is 13.2. The third-order valence-corrected chi connectivity index (χ3v) is 7.10. The zero-order valence-corrected chi connectivity index (χ0v) is 19.4. The molecule has 2 amide bonds. The van der Waals surface area contributed by atoms with Crippen molar-refractivity contribution in [2.24, 2.45) is 5.41 Å². The van der Waals surface area contributed by atoms with Gasteiger partial charge in [-0.05, 0) is 49.2 Å². The Balaban J connectivity index is 1.38. The lowest BCUT2D eigenvalue weighted by Crippen LogP contribution is -2.38. The Morgan fingerprint density at radius 1 is 1.03 bits per heavy atom. The topological polar surface area (TPSA) is 97.4 Å². The Morgan fingerprint density at radius 2 is 1.76 bits per heavy atom. The van der Waals surface area contributed by atoms with Crippen LogP contribution in [0.4, 0.5) is 5.69 Å². The van der Waals surface area contributed by atoms with Gasteiger partial charge in [0, 0.05) is 24.7 Å². The van der Waals surface area contributed by atoms with Gasteiger partial charge in [0.25, 0.3) is 11.8 Å². The average Bonchev–Trinajstić information content (AvgIpc) is 3.25. The lowest BCUT2D eigenvalue weighted by molar-refractivity contribution is -0.160. The monoisotopic (exact) mass is 465 g/mol.